The predicted octanol–water partition coefficient (Wildman–Crippen LogP) is 3.90. The Labute approximate surface area is 188 Å². The van der Waals surface area contributed by atoms with Crippen LogP contribution in [0.25, 0.3) is 5.69 Å². The van der Waals surface area contributed by atoms with Crippen molar-refractivity contribution in [3.63, 3.8) is 0 Å². The number of halogens is 1. The van der Waals surface area contributed by atoms with Crippen molar-refractivity contribution in [1.82, 2.24) is 9.78 Å². The number of carbonyl (C=O) groups excluding carboxylic acids is 2. The molecule has 0 spiro atoms. The molecule has 0 atom stereocenters. The molecule has 1 aliphatic carbocycles. The second kappa shape index (κ2) is 9.19. The maximum Gasteiger partial charge on any atom is 0.359 e. The van der Waals surface area contributed by atoms with Crippen LogP contribution in [0.4, 0.5) is 15.8 Å². The molecule has 1 heterocycles. The highest BCUT2D eigenvalue weighted by Gasteiger charge is 2.27. The van der Waals surface area contributed by atoms with E-state index in [1.807, 2.05) is 0 Å². The van der Waals surface area contributed by atoms with Gasteiger partial charge in [0.15, 0.2) is 12.3 Å². The number of hydrogen-bond acceptors (Lipinski definition) is 6. The molecular weight excluding hydrogens is 431 g/mol. The quantitative estimate of drug-likeness (QED) is 0.344. The topological polar surface area (TPSA) is 116 Å². The van der Waals surface area contributed by atoms with E-state index in [0.29, 0.717) is 24.1 Å². The van der Waals surface area contributed by atoms with Crippen LogP contribution in [-0.2, 0) is 22.4 Å². The van der Waals surface area contributed by atoms with Crippen molar-refractivity contribution in [3.05, 3.63) is 80.9 Å². The number of hydrogen-bond donors (Lipinski definition) is 1. The zero-order valence-electron chi connectivity index (χ0n) is 17.8. The van der Waals surface area contributed by atoms with E-state index in [4.69, 9.17) is 4.74 Å². The highest BCUT2D eigenvalue weighted by Crippen LogP contribution is 2.28. The molecule has 4 rings (SSSR count). The van der Waals surface area contributed by atoms with Gasteiger partial charge in [0, 0.05) is 17.3 Å². The number of esters is 1. The maximum absolute atomic E-state index is 13.3. The first-order chi connectivity index (χ1) is 15.8. The van der Waals surface area contributed by atoms with Crippen molar-refractivity contribution in [2.24, 2.45) is 0 Å². The second-order valence-corrected chi connectivity index (χ2v) is 7.77. The Bertz CT molecular complexity index is 1240. The Morgan fingerprint density at radius 1 is 1.18 bits per heavy atom. The second-order valence-electron chi connectivity index (χ2n) is 7.77. The molecule has 0 fully saturated rings. The lowest BCUT2D eigenvalue weighted by Crippen LogP contribution is -2.22. The van der Waals surface area contributed by atoms with Crippen LogP contribution < -0.4 is 5.32 Å². The van der Waals surface area contributed by atoms with Crippen molar-refractivity contribution in [1.29, 1.82) is 0 Å². The summed E-state index contributed by atoms with van der Waals surface area (Å²) in [4.78, 5) is 35.7. The minimum Gasteiger partial charge on any atom is -0.451 e. The van der Waals surface area contributed by atoms with Gasteiger partial charge in [0.25, 0.3) is 11.6 Å². The summed E-state index contributed by atoms with van der Waals surface area (Å²) in [6, 6.07) is 10.2. The van der Waals surface area contributed by atoms with Crippen LogP contribution in [0, 0.1) is 22.9 Å². The third-order valence-corrected chi connectivity index (χ3v) is 5.40. The van der Waals surface area contributed by atoms with E-state index in [-0.39, 0.29) is 22.9 Å². The number of aromatic nitrogens is 2. The summed E-state index contributed by atoms with van der Waals surface area (Å²) in [6.07, 6.45) is 3.18. The molecule has 0 saturated heterocycles. The molecule has 170 valence electrons. The Morgan fingerprint density at radius 3 is 2.64 bits per heavy atom. The number of aryl methyl sites for hydroxylation is 1. The average molecular weight is 452 g/mol. The van der Waals surface area contributed by atoms with Crippen molar-refractivity contribution < 1.29 is 23.6 Å². The number of benzene rings is 2. The molecule has 0 radical (unpaired) electrons. The lowest BCUT2D eigenvalue weighted by atomic mass is 9.95. The fraction of sp³-hybridized carbons (Fsp3) is 0.261. The van der Waals surface area contributed by atoms with Crippen LogP contribution >= 0.6 is 0 Å². The van der Waals surface area contributed by atoms with E-state index in [0.717, 1.165) is 24.1 Å². The molecule has 0 aliphatic heterocycles. The Balaban J connectivity index is 1.50. The first-order valence-corrected chi connectivity index (χ1v) is 10.4. The van der Waals surface area contributed by atoms with Crippen LogP contribution in [0.3, 0.4) is 0 Å². The Hall–Kier alpha value is -4.08. The molecular formula is C23H21FN4O5. The zero-order chi connectivity index (χ0) is 23.5. The smallest absolute Gasteiger partial charge is 0.359 e. The van der Waals surface area contributed by atoms with Crippen LogP contribution in [0.2, 0.25) is 0 Å². The van der Waals surface area contributed by atoms with Gasteiger partial charge >= 0.3 is 5.97 Å². The SMILES string of the molecule is Cc1ccc(NC(=O)COC(=O)c2nn(-c3ccc(F)cc3)c3c2CCCC3)c([N+](=O)[O-])c1. The van der Waals surface area contributed by atoms with Gasteiger partial charge in [0.05, 0.1) is 10.6 Å². The molecule has 1 N–H and O–H groups in total. The molecule has 0 unspecified atom stereocenters. The monoisotopic (exact) mass is 452 g/mol. The van der Waals surface area contributed by atoms with E-state index in [1.54, 1.807) is 29.8 Å². The van der Waals surface area contributed by atoms with Crippen LogP contribution in [0.15, 0.2) is 42.5 Å². The van der Waals surface area contributed by atoms with Gasteiger partial charge in [0.2, 0.25) is 0 Å². The molecule has 10 heteroatoms. The minimum absolute atomic E-state index is 0.0182. The lowest BCUT2D eigenvalue weighted by molar-refractivity contribution is -0.384. The highest BCUT2D eigenvalue weighted by atomic mass is 19.1. The number of fused-ring (bicyclic) bond motifs is 1. The number of anilines is 1. The van der Waals surface area contributed by atoms with E-state index in [1.165, 1.54) is 24.3 Å². The summed E-state index contributed by atoms with van der Waals surface area (Å²) < 4.78 is 20.1. The number of ether oxygens (including phenoxy) is 1. The molecule has 2 aromatic carbocycles. The van der Waals surface area contributed by atoms with Gasteiger partial charge in [-0.1, -0.05) is 6.07 Å². The normalized spacial score (nSPS) is 12.7. The number of nitro benzene ring substituents is 1. The minimum atomic E-state index is -0.762. The summed E-state index contributed by atoms with van der Waals surface area (Å²) in [5, 5.41) is 18.0. The Kier molecular flexibility index (Phi) is 6.16. The fourth-order valence-electron chi connectivity index (χ4n) is 3.84. The predicted molar refractivity (Wildman–Crippen MR) is 117 cm³/mol. The van der Waals surface area contributed by atoms with Crippen molar-refractivity contribution in [2.75, 3.05) is 11.9 Å². The number of rotatable bonds is 6. The van der Waals surface area contributed by atoms with Gasteiger partial charge in [-0.3, -0.25) is 14.9 Å². The molecule has 0 bridgehead atoms. The average Bonchev–Trinajstić information content (AvgIpc) is 3.19. The summed E-state index contributed by atoms with van der Waals surface area (Å²) in [5.41, 5.74) is 2.80. The summed E-state index contributed by atoms with van der Waals surface area (Å²) in [5.74, 6) is -1.84. The van der Waals surface area contributed by atoms with E-state index >= 15 is 0 Å². The molecule has 1 amide bonds. The zero-order valence-corrected chi connectivity index (χ0v) is 17.8. The third-order valence-electron chi connectivity index (χ3n) is 5.40. The van der Waals surface area contributed by atoms with Crippen molar-refractivity contribution >= 4 is 23.3 Å². The van der Waals surface area contributed by atoms with E-state index in [2.05, 4.69) is 10.4 Å². The van der Waals surface area contributed by atoms with Gasteiger partial charge in [-0.05, 0) is 68.5 Å². The fourth-order valence-corrected chi connectivity index (χ4v) is 3.84. The van der Waals surface area contributed by atoms with E-state index < -0.39 is 23.4 Å². The first-order valence-electron chi connectivity index (χ1n) is 10.4. The summed E-state index contributed by atoms with van der Waals surface area (Å²) in [7, 11) is 0. The standard InChI is InChI=1S/C23H21FN4O5/c1-14-6-11-18(20(12-14)28(31)32)25-21(29)13-33-23(30)22-17-4-2-3-5-19(17)27(26-22)16-9-7-15(24)8-10-16/h6-12H,2-5,13H2,1H3,(H,25,29). The maximum atomic E-state index is 13.3. The van der Waals surface area contributed by atoms with Crippen molar-refractivity contribution in [3.8, 4) is 5.69 Å². The van der Waals surface area contributed by atoms with Gasteiger partial charge in [-0.15, -0.1) is 0 Å². The van der Waals surface area contributed by atoms with Crippen LogP contribution in [0.1, 0.15) is 40.2 Å². The third kappa shape index (κ3) is 4.74. The Morgan fingerprint density at radius 2 is 1.91 bits per heavy atom. The number of nitrogens with one attached hydrogen (secondary N) is 1. The first kappa shape index (κ1) is 22.1. The number of nitrogens with zero attached hydrogens (tertiary/aromatic N) is 3. The van der Waals surface area contributed by atoms with Gasteiger partial charge in [0.1, 0.15) is 11.5 Å². The van der Waals surface area contributed by atoms with Gasteiger partial charge in [-0.25, -0.2) is 13.9 Å². The van der Waals surface area contributed by atoms with E-state index in [9.17, 15) is 24.1 Å². The molecule has 9 nitrogen and oxygen atoms in total. The van der Waals surface area contributed by atoms with Crippen LogP contribution in [-0.4, -0.2) is 33.2 Å². The summed E-state index contributed by atoms with van der Waals surface area (Å²) >= 11 is 0. The highest BCUT2D eigenvalue weighted by molar-refractivity contribution is 5.96. The molecule has 3 aromatic rings. The largest absolute Gasteiger partial charge is 0.451 e. The molecule has 1 aromatic heterocycles. The number of amides is 1. The molecule has 0 saturated carbocycles. The van der Waals surface area contributed by atoms with Crippen LogP contribution in [0.5, 0.6) is 0 Å². The van der Waals surface area contributed by atoms with Gasteiger partial charge < -0.3 is 10.1 Å². The molecule has 1 aliphatic rings. The number of carbonyl (C=O) groups is 2. The summed E-state index contributed by atoms with van der Waals surface area (Å²) in [6.45, 7) is 1.08. The molecule has 33 heavy (non-hydrogen) atoms. The number of nitro groups is 1. The van der Waals surface area contributed by atoms with Gasteiger partial charge in [-0.2, -0.15) is 5.10 Å². The lowest BCUT2D eigenvalue weighted by Gasteiger charge is -2.14. The van der Waals surface area contributed by atoms with Crippen molar-refractivity contribution in [2.45, 2.75) is 32.6 Å².